The minimum atomic E-state index is -3.73. The second-order valence-corrected chi connectivity index (χ2v) is 9.33. The summed E-state index contributed by atoms with van der Waals surface area (Å²) in [6.45, 7) is 5.46. The van der Waals surface area contributed by atoms with Crippen LogP contribution in [0.3, 0.4) is 0 Å². The average Bonchev–Trinajstić information content (AvgIpc) is 2.63. The highest BCUT2D eigenvalue weighted by atomic mass is 35.5. The molecule has 0 saturated carbocycles. The van der Waals surface area contributed by atoms with Gasteiger partial charge in [-0.3, -0.25) is 9.10 Å². The van der Waals surface area contributed by atoms with Crippen LogP contribution in [0.15, 0.2) is 42.5 Å². The quantitative estimate of drug-likeness (QED) is 0.681. The summed E-state index contributed by atoms with van der Waals surface area (Å²) in [4.78, 5) is 12.8. The molecular formula is C20H24Cl2N2O3S. The maximum Gasteiger partial charge on any atom is 0.244 e. The van der Waals surface area contributed by atoms with Gasteiger partial charge in [-0.05, 0) is 49.6 Å². The molecule has 2 atom stereocenters. The van der Waals surface area contributed by atoms with Crippen molar-refractivity contribution in [2.75, 3.05) is 10.6 Å². The first-order chi connectivity index (χ1) is 13.0. The van der Waals surface area contributed by atoms with Crippen LogP contribution in [0.4, 0.5) is 5.69 Å². The van der Waals surface area contributed by atoms with Gasteiger partial charge in [-0.25, -0.2) is 8.42 Å². The number of anilines is 1. The van der Waals surface area contributed by atoms with E-state index in [9.17, 15) is 13.2 Å². The van der Waals surface area contributed by atoms with Gasteiger partial charge in [0.15, 0.2) is 0 Å². The number of benzene rings is 2. The van der Waals surface area contributed by atoms with Gasteiger partial charge in [0.25, 0.3) is 0 Å². The molecule has 0 aliphatic heterocycles. The summed E-state index contributed by atoms with van der Waals surface area (Å²) in [5.74, 6) is -0.413. The van der Waals surface area contributed by atoms with E-state index in [4.69, 9.17) is 23.2 Å². The Bertz CT molecular complexity index is 946. The summed E-state index contributed by atoms with van der Waals surface area (Å²) in [6, 6.07) is 11.2. The summed E-state index contributed by atoms with van der Waals surface area (Å²) in [5, 5.41) is 3.40. The first-order valence-electron chi connectivity index (χ1n) is 8.88. The minimum Gasteiger partial charge on any atom is -0.348 e. The lowest BCUT2D eigenvalue weighted by Crippen LogP contribution is -2.48. The molecule has 0 aliphatic rings. The number of nitrogens with one attached hydrogen (secondary N) is 1. The van der Waals surface area contributed by atoms with E-state index in [2.05, 4.69) is 12.2 Å². The smallest absolute Gasteiger partial charge is 0.244 e. The summed E-state index contributed by atoms with van der Waals surface area (Å²) >= 11 is 11.9. The van der Waals surface area contributed by atoms with Crippen LogP contribution in [0.2, 0.25) is 10.0 Å². The van der Waals surface area contributed by atoms with Crippen molar-refractivity contribution in [2.45, 2.75) is 39.3 Å². The highest BCUT2D eigenvalue weighted by Crippen LogP contribution is 2.29. The Morgan fingerprint density at radius 2 is 1.68 bits per heavy atom. The summed E-state index contributed by atoms with van der Waals surface area (Å²) in [6.07, 6.45) is 1.98. The summed E-state index contributed by atoms with van der Waals surface area (Å²) in [5.41, 5.74) is 2.43. The van der Waals surface area contributed by atoms with E-state index in [0.29, 0.717) is 5.02 Å². The van der Waals surface area contributed by atoms with Crippen molar-refractivity contribution in [3.05, 3.63) is 63.6 Å². The molecule has 0 saturated heterocycles. The fourth-order valence-electron chi connectivity index (χ4n) is 2.89. The van der Waals surface area contributed by atoms with Gasteiger partial charge in [0.2, 0.25) is 15.9 Å². The normalized spacial score (nSPS) is 13.6. The third-order valence-corrected chi connectivity index (χ3v) is 6.47. The molecule has 1 amide bonds. The minimum absolute atomic E-state index is 0.213. The number of hydrogen-bond donors (Lipinski definition) is 1. The molecule has 0 radical (unpaired) electrons. The largest absolute Gasteiger partial charge is 0.348 e. The SMILES string of the molecule is CCc1ccc([C@@H](C)NC(=O)[C@@H](C)N(c2ccc(Cl)c(Cl)c2)S(C)(=O)=O)cc1. The lowest BCUT2D eigenvalue weighted by Gasteiger charge is -2.29. The number of sulfonamides is 1. The Balaban J connectivity index is 2.24. The monoisotopic (exact) mass is 442 g/mol. The number of hydrogen-bond acceptors (Lipinski definition) is 3. The molecule has 2 rings (SSSR count). The third-order valence-electron chi connectivity index (χ3n) is 4.49. The topological polar surface area (TPSA) is 66.5 Å². The van der Waals surface area contributed by atoms with Crippen molar-refractivity contribution in [1.82, 2.24) is 5.32 Å². The lowest BCUT2D eigenvalue weighted by molar-refractivity contribution is -0.122. The van der Waals surface area contributed by atoms with Crippen molar-refractivity contribution in [2.24, 2.45) is 0 Å². The van der Waals surface area contributed by atoms with E-state index < -0.39 is 22.0 Å². The Hall–Kier alpha value is -1.76. The first-order valence-corrected chi connectivity index (χ1v) is 11.5. The van der Waals surface area contributed by atoms with Crippen LogP contribution in [0.1, 0.15) is 37.9 Å². The zero-order chi connectivity index (χ0) is 21.1. The molecule has 5 nitrogen and oxygen atoms in total. The van der Waals surface area contributed by atoms with Crippen molar-refractivity contribution < 1.29 is 13.2 Å². The van der Waals surface area contributed by atoms with Crippen molar-refractivity contribution >= 4 is 44.8 Å². The second-order valence-electron chi connectivity index (χ2n) is 6.66. The van der Waals surface area contributed by atoms with Crippen molar-refractivity contribution in [1.29, 1.82) is 0 Å². The van der Waals surface area contributed by atoms with Gasteiger partial charge in [-0.1, -0.05) is 54.4 Å². The van der Waals surface area contributed by atoms with E-state index in [1.165, 1.54) is 30.7 Å². The van der Waals surface area contributed by atoms with E-state index in [1.54, 1.807) is 0 Å². The summed E-state index contributed by atoms with van der Waals surface area (Å²) in [7, 11) is -3.73. The van der Waals surface area contributed by atoms with E-state index in [0.717, 1.165) is 22.5 Å². The zero-order valence-corrected chi connectivity index (χ0v) is 18.6. The van der Waals surface area contributed by atoms with Gasteiger partial charge >= 0.3 is 0 Å². The predicted molar refractivity (Wildman–Crippen MR) is 116 cm³/mol. The highest BCUT2D eigenvalue weighted by Gasteiger charge is 2.30. The Morgan fingerprint density at radius 1 is 1.07 bits per heavy atom. The van der Waals surface area contributed by atoms with E-state index >= 15 is 0 Å². The van der Waals surface area contributed by atoms with Gasteiger partial charge in [0.05, 0.1) is 28.0 Å². The summed E-state index contributed by atoms with van der Waals surface area (Å²) < 4.78 is 25.8. The Kier molecular flexibility index (Phi) is 7.37. The molecule has 0 aliphatic carbocycles. The number of aryl methyl sites for hydroxylation is 1. The van der Waals surface area contributed by atoms with Crippen LogP contribution in [-0.2, 0) is 21.2 Å². The number of carbonyl (C=O) groups is 1. The molecule has 0 unspecified atom stereocenters. The second kappa shape index (κ2) is 9.16. The number of halogens is 2. The molecule has 2 aromatic carbocycles. The molecular weight excluding hydrogens is 419 g/mol. The van der Waals surface area contributed by atoms with Gasteiger partial charge in [0, 0.05) is 0 Å². The maximum atomic E-state index is 12.8. The molecule has 8 heteroatoms. The van der Waals surface area contributed by atoms with Gasteiger partial charge in [-0.15, -0.1) is 0 Å². The molecule has 0 heterocycles. The van der Waals surface area contributed by atoms with Crippen LogP contribution >= 0.6 is 23.2 Å². The van der Waals surface area contributed by atoms with Crippen LogP contribution < -0.4 is 9.62 Å². The average molecular weight is 443 g/mol. The Morgan fingerprint density at radius 3 is 2.18 bits per heavy atom. The van der Waals surface area contributed by atoms with Crippen LogP contribution in [0.5, 0.6) is 0 Å². The lowest BCUT2D eigenvalue weighted by atomic mass is 10.0. The van der Waals surface area contributed by atoms with E-state index in [1.807, 2.05) is 31.2 Å². The molecule has 2 aromatic rings. The maximum absolute atomic E-state index is 12.8. The van der Waals surface area contributed by atoms with Gasteiger partial charge in [0.1, 0.15) is 6.04 Å². The highest BCUT2D eigenvalue weighted by molar-refractivity contribution is 7.92. The van der Waals surface area contributed by atoms with E-state index in [-0.39, 0.29) is 16.8 Å². The Labute approximate surface area is 176 Å². The van der Waals surface area contributed by atoms with Gasteiger partial charge in [-0.2, -0.15) is 0 Å². The van der Waals surface area contributed by atoms with Crippen LogP contribution in [0.25, 0.3) is 0 Å². The fourth-order valence-corrected chi connectivity index (χ4v) is 4.35. The molecule has 152 valence electrons. The fraction of sp³-hybridized carbons (Fsp3) is 0.350. The predicted octanol–water partition coefficient (Wildman–Crippen LogP) is 4.59. The first kappa shape index (κ1) is 22.5. The molecule has 0 aromatic heterocycles. The molecule has 1 N–H and O–H groups in total. The number of nitrogens with zero attached hydrogens (tertiary/aromatic N) is 1. The van der Waals surface area contributed by atoms with Crippen molar-refractivity contribution in [3.8, 4) is 0 Å². The molecule has 0 spiro atoms. The number of carbonyl (C=O) groups excluding carboxylic acids is 1. The molecule has 0 bridgehead atoms. The molecule has 0 fully saturated rings. The number of rotatable bonds is 7. The molecule has 28 heavy (non-hydrogen) atoms. The van der Waals surface area contributed by atoms with Crippen LogP contribution in [-0.4, -0.2) is 26.6 Å². The zero-order valence-electron chi connectivity index (χ0n) is 16.2. The van der Waals surface area contributed by atoms with Crippen LogP contribution in [0, 0.1) is 0 Å². The number of amides is 1. The third kappa shape index (κ3) is 5.40. The van der Waals surface area contributed by atoms with Crippen molar-refractivity contribution in [3.63, 3.8) is 0 Å². The standard InChI is InChI=1S/C20H24Cl2N2O3S/c1-5-15-6-8-16(9-7-15)13(2)23-20(25)14(3)24(28(4,26)27)17-10-11-18(21)19(22)12-17/h6-14H,5H2,1-4H3,(H,23,25)/t13-,14-/m1/s1. The van der Waals surface area contributed by atoms with Gasteiger partial charge < -0.3 is 5.32 Å².